The summed E-state index contributed by atoms with van der Waals surface area (Å²) >= 11 is 1.28. The van der Waals surface area contributed by atoms with Crippen LogP contribution in [0, 0.1) is 12.7 Å². The van der Waals surface area contributed by atoms with Crippen LogP contribution in [0.1, 0.15) is 25.3 Å². The van der Waals surface area contributed by atoms with Crippen molar-refractivity contribution in [2.45, 2.75) is 31.9 Å². The van der Waals surface area contributed by atoms with E-state index in [0.717, 1.165) is 17.7 Å². The van der Waals surface area contributed by atoms with Gasteiger partial charge in [0.05, 0.1) is 5.69 Å². The standard InChI is InChI=1S/C21H22FN3O2S/c1-3-12-25-20(27)18(13-19(26)24-17-7-5-4-6-14(17)2)28-21(25)23-16-10-8-15(22)9-11-16/h4-11,18H,3,12-13H2,1-2H3,(H,24,26)/t18-/m0/s1. The summed E-state index contributed by atoms with van der Waals surface area (Å²) in [6.07, 6.45) is 0.845. The number of halogens is 1. The number of aliphatic imine (C=N–C) groups is 1. The van der Waals surface area contributed by atoms with Crippen LogP contribution >= 0.6 is 11.8 Å². The Bertz CT molecular complexity index is 899. The fourth-order valence-corrected chi connectivity index (χ4v) is 4.05. The Kier molecular flexibility index (Phi) is 6.46. The quantitative estimate of drug-likeness (QED) is 0.778. The second kappa shape index (κ2) is 9.01. The number of amidine groups is 1. The number of nitrogens with one attached hydrogen (secondary N) is 1. The van der Waals surface area contributed by atoms with Crippen LogP contribution in [0.3, 0.4) is 0 Å². The summed E-state index contributed by atoms with van der Waals surface area (Å²) < 4.78 is 13.1. The first kappa shape index (κ1) is 20.1. The zero-order valence-electron chi connectivity index (χ0n) is 15.8. The smallest absolute Gasteiger partial charge is 0.242 e. The van der Waals surface area contributed by atoms with Gasteiger partial charge in [-0.05, 0) is 49.2 Å². The van der Waals surface area contributed by atoms with Gasteiger partial charge in [0, 0.05) is 18.7 Å². The van der Waals surface area contributed by atoms with Crippen molar-refractivity contribution < 1.29 is 14.0 Å². The Labute approximate surface area is 168 Å². The number of rotatable bonds is 6. The molecular weight excluding hydrogens is 377 g/mol. The number of anilines is 1. The van der Waals surface area contributed by atoms with Gasteiger partial charge in [0.1, 0.15) is 11.1 Å². The predicted molar refractivity (Wildman–Crippen MR) is 111 cm³/mol. The third kappa shape index (κ3) is 4.78. The van der Waals surface area contributed by atoms with Crippen molar-refractivity contribution in [1.29, 1.82) is 0 Å². The Morgan fingerprint density at radius 2 is 1.93 bits per heavy atom. The van der Waals surface area contributed by atoms with Crippen molar-refractivity contribution in [3.8, 4) is 0 Å². The van der Waals surface area contributed by atoms with E-state index in [1.165, 1.54) is 23.9 Å². The lowest BCUT2D eigenvalue weighted by molar-refractivity contribution is -0.128. The topological polar surface area (TPSA) is 61.8 Å². The van der Waals surface area contributed by atoms with Crippen molar-refractivity contribution in [2.75, 3.05) is 11.9 Å². The molecule has 2 amide bonds. The number of thioether (sulfide) groups is 1. The molecule has 1 saturated heterocycles. The van der Waals surface area contributed by atoms with Gasteiger partial charge < -0.3 is 5.32 Å². The molecule has 1 fully saturated rings. The normalized spacial score (nSPS) is 18.0. The van der Waals surface area contributed by atoms with Gasteiger partial charge in [-0.2, -0.15) is 0 Å². The van der Waals surface area contributed by atoms with Crippen LogP contribution in [-0.4, -0.2) is 33.7 Å². The van der Waals surface area contributed by atoms with Crippen LogP contribution < -0.4 is 5.32 Å². The molecule has 0 radical (unpaired) electrons. The molecule has 1 heterocycles. The van der Waals surface area contributed by atoms with Crippen molar-refractivity contribution in [1.82, 2.24) is 4.90 Å². The highest BCUT2D eigenvalue weighted by Crippen LogP contribution is 2.32. The Hall–Kier alpha value is -2.67. The fourth-order valence-electron chi connectivity index (χ4n) is 2.86. The molecule has 7 heteroatoms. The summed E-state index contributed by atoms with van der Waals surface area (Å²) in [5.74, 6) is -0.664. The van der Waals surface area contributed by atoms with Crippen LogP contribution in [0.25, 0.3) is 0 Å². The van der Waals surface area contributed by atoms with Gasteiger partial charge in [-0.15, -0.1) is 0 Å². The maximum Gasteiger partial charge on any atom is 0.242 e. The van der Waals surface area contributed by atoms with Crippen molar-refractivity contribution >= 4 is 40.1 Å². The van der Waals surface area contributed by atoms with E-state index in [1.807, 2.05) is 38.1 Å². The van der Waals surface area contributed by atoms with Gasteiger partial charge >= 0.3 is 0 Å². The molecular formula is C21H22FN3O2S. The number of benzene rings is 2. The minimum atomic E-state index is -0.519. The molecule has 0 spiro atoms. The van der Waals surface area contributed by atoms with E-state index in [9.17, 15) is 14.0 Å². The lowest BCUT2D eigenvalue weighted by Gasteiger charge is -2.15. The van der Waals surface area contributed by atoms with Crippen molar-refractivity contribution in [3.63, 3.8) is 0 Å². The van der Waals surface area contributed by atoms with Gasteiger partial charge in [-0.25, -0.2) is 9.38 Å². The number of aryl methyl sites for hydroxylation is 1. The highest BCUT2D eigenvalue weighted by atomic mass is 32.2. The first-order valence-electron chi connectivity index (χ1n) is 9.15. The fraction of sp³-hybridized carbons (Fsp3) is 0.286. The minimum absolute atomic E-state index is 0.0699. The molecule has 1 atom stereocenters. The molecule has 0 bridgehead atoms. The number of hydrogen-bond acceptors (Lipinski definition) is 4. The summed E-state index contributed by atoms with van der Waals surface area (Å²) in [5, 5.41) is 2.90. The monoisotopic (exact) mass is 399 g/mol. The minimum Gasteiger partial charge on any atom is -0.326 e. The van der Waals surface area contributed by atoms with E-state index in [1.54, 1.807) is 17.0 Å². The maximum absolute atomic E-state index is 13.1. The van der Waals surface area contributed by atoms with E-state index in [0.29, 0.717) is 17.4 Å². The summed E-state index contributed by atoms with van der Waals surface area (Å²) in [6, 6.07) is 13.3. The zero-order chi connectivity index (χ0) is 20.1. The molecule has 0 unspecified atom stereocenters. The van der Waals surface area contributed by atoms with E-state index in [2.05, 4.69) is 10.3 Å². The maximum atomic E-state index is 13.1. The first-order valence-corrected chi connectivity index (χ1v) is 10.0. The molecule has 3 rings (SSSR count). The second-order valence-electron chi connectivity index (χ2n) is 6.53. The van der Waals surface area contributed by atoms with E-state index < -0.39 is 5.25 Å². The third-order valence-electron chi connectivity index (χ3n) is 4.31. The Morgan fingerprint density at radius 1 is 1.21 bits per heavy atom. The second-order valence-corrected chi connectivity index (χ2v) is 7.70. The largest absolute Gasteiger partial charge is 0.326 e. The summed E-state index contributed by atoms with van der Waals surface area (Å²) in [5.41, 5.74) is 2.28. The number of hydrogen-bond donors (Lipinski definition) is 1. The first-order chi connectivity index (χ1) is 13.5. The number of carbonyl (C=O) groups is 2. The van der Waals surface area contributed by atoms with Gasteiger partial charge in [0.2, 0.25) is 11.8 Å². The van der Waals surface area contributed by atoms with Gasteiger partial charge in [-0.1, -0.05) is 36.9 Å². The molecule has 2 aromatic rings. The molecule has 0 aromatic heterocycles. The number of para-hydroxylation sites is 1. The van der Waals surface area contributed by atoms with Gasteiger partial charge in [0.25, 0.3) is 0 Å². The molecule has 2 aromatic carbocycles. The van der Waals surface area contributed by atoms with E-state index >= 15 is 0 Å². The van der Waals surface area contributed by atoms with Gasteiger partial charge in [0.15, 0.2) is 5.17 Å². The lowest BCUT2D eigenvalue weighted by atomic mass is 10.2. The van der Waals surface area contributed by atoms with Crippen LogP contribution in [-0.2, 0) is 9.59 Å². The number of carbonyl (C=O) groups excluding carboxylic acids is 2. The van der Waals surface area contributed by atoms with Crippen LogP contribution in [0.15, 0.2) is 53.5 Å². The molecule has 5 nitrogen and oxygen atoms in total. The molecule has 1 aliphatic heterocycles. The van der Waals surface area contributed by atoms with Crippen LogP contribution in [0.2, 0.25) is 0 Å². The summed E-state index contributed by atoms with van der Waals surface area (Å²) in [6.45, 7) is 4.43. The van der Waals surface area contributed by atoms with Crippen molar-refractivity contribution in [3.05, 3.63) is 59.9 Å². The zero-order valence-corrected chi connectivity index (χ0v) is 16.6. The lowest BCUT2D eigenvalue weighted by Crippen LogP contribution is -2.34. The van der Waals surface area contributed by atoms with E-state index in [-0.39, 0.29) is 24.1 Å². The molecule has 28 heavy (non-hydrogen) atoms. The average molecular weight is 399 g/mol. The van der Waals surface area contributed by atoms with E-state index in [4.69, 9.17) is 0 Å². The molecule has 1 aliphatic rings. The highest BCUT2D eigenvalue weighted by Gasteiger charge is 2.38. The Morgan fingerprint density at radius 3 is 2.61 bits per heavy atom. The number of amides is 2. The summed E-state index contributed by atoms with van der Waals surface area (Å²) in [7, 11) is 0. The highest BCUT2D eigenvalue weighted by molar-refractivity contribution is 8.15. The molecule has 0 saturated carbocycles. The molecule has 1 N–H and O–H groups in total. The predicted octanol–water partition coefficient (Wildman–Crippen LogP) is 4.50. The van der Waals surface area contributed by atoms with Crippen molar-refractivity contribution in [2.24, 2.45) is 4.99 Å². The summed E-state index contributed by atoms with van der Waals surface area (Å²) in [4.78, 5) is 31.3. The molecule has 146 valence electrons. The number of nitrogens with zero attached hydrogens (tertiary/aromatic N) is 2. The third-order valence-corrected chi connectivity index (χ3v) is 5.48. The average Bonchev–Trinajstić information content (AvgIpc) is 2.94. The van der Waals surface area contributed by atoms with Crippen LogP contribution in [0.4, 0.5) is 15.8 Å². The molecule has 0 aliphatic carbocycles. The Balaban J connectivity index is 1.73. The van der Waals surface area contributed by atoms with Gasteiger partial charge in [-0.3, -0.25) is 14.5 Å². The van der Waals surface area contributed by atoms with Crippen LogP contribution in [0.5, 0.6) is 0 Å². The SMILES string of the molecule is CCCN1C(=O)[C@H](CC(=O)Nc2ccccc2C)SC1=Nc1ccc(F)cc1.